The molecule has 1 aliphatic heterocycles. The number of benzene rings is 3. The summed E-state index contributed by atoms with van der Waals surface area (Å²) in [4.78, 5) is 39.3. The molecule has 5 rings (SSSR count). The fourth-order valence-electron chi connectivity index (χ4n) is 5.39. The Labute approximate surface area is 216 Å². The molecule has 2 aliphatic rings. The second-order valence-electron chi connectivity index (χ2n) is 9.65. The van der Waals surface area contributed by atoms with E-state index in [1.165, 1.54) is 11.2 Å². The Morgan fingerprint density at radius 1 is 0.919 bits per heavy atom. The maximum atomic E-state index is 14.1. The molecule has 9 heteroatoms. The van der Waals surface area contributed by atoms with Gasteiger partial charge in [-0.3, -0.25) is 14.4 Å². The second kappa shape index (κ2) is 10.1. The molecule has 1 saturated heterocycles. The Morgan fingerprint density at radius 2 is 1.59 bits per heavy atom. The number of nitrogens with zero attached hydrogens (tertiary/aromatic N) is 2. The summed E-state index contributed by atoms with van der Waals surface area (Å²) in [5.74, 6) is -1.23. The number of fused-ring (bicyclic) bond motifs is 1. The molecule has 8 nitrogen and oxygen atoms in total. The van der Waals surface area contributed by atoms with Crippen LogP contribution in [0.5, 0.6) is 0 Å². The molecular weight excluding hydrogens is 490 g/mol. The molecule has 1 heterocycles. The molecule has 2 fully saturated rings. The normalized spacial score (nSPS) is 19.1. The highest BCUT2D eigenvalue weighted by molar-refractivity contribution is 7.89. The van der Waals surface area contributed by atoms with E-state index in [4.69, 9.17) is 0 Å². The van der Waals surface area contributed by atoms with E-state index in [1.807, 2.05) is 24.3 Å². The van der Waals surface area contributed by atoms with Crippen molar-refractivity contribution in [2.75, 3.05) is 10.2 Å². The van der Waals surface area contributed by atoms with Crippen molar-refractivity contribution in [1.82, 2.24) is 4.31 Å². The fraction of sp³-hybridized carbons (Fsp3) is 0.321. The van der Waals surface area contributed by atoms with E-state index in [2.05, 4.69) is 5.32 Å². The second-order valence-corrected chi connectivity index (χ2v) is 11.5. The lowest BCUT2D eigenvalue weighted by Crippen LogP contribution is -2.51. The Kier molecular flexibility index (Phi) is 6.83. The maximum Gasteiger partial charge on any atom is 0.252 e. The van der Waals surface area contributed by atoms with Crippen molar-refractivity contribution in [3.05, 3.63) is 66.7 Å². The number of imide groups is 1. The van der Waals surface area contributed by atoms with Crippen LogP contribution in [0.15, 0.2) is 71.6 Å². The van der Waals surface area contributed by atoms with Crippen LogP contribution in [0.2, 0.25) is 0 Å². The van der Waals surface area contributed by atoms with Gasteiger partial charge in [0.2, 0.25) is 21.8 Å². The predicted octanol–water partition coefficient (Wildman–Crippen LogP) is 4.45. The van der Waals surface area contributed by atoms with E-state index < -0.39 is 27.9 Å². The van der Waals surface area contributed by atoms with Crippen molar-refractivity contribution in [3.63, 3.8) is 0 Å². The summed E-state index contributed by atoms with van der Waals surface area (Å²) in [7, 11) is -4.07. The molecule has 1 unspecified atom stereocenters. The van der Waals surface area contributed by atoms with Crippen molar-refractivity contribution in [2.24, 2.45) is 0 Å². The summed E-state index contributed by atoms with van der Waals surface area (Å²) < 4.78 is 29.5. The molecule has 3 aromatic rings. The maximum absolute atomic E-state index is 14.1. The van der Waals surface area contributed by atoms with Gasteiger partial charge in [-0.2, -0.15) is 4.31 Å². The van der Waals surface area contributed by atoms with Crippen LogP contribution in [0.1, 0.15) is 45.4 Å². The first-order chi connectivity index (χ1) is 17.8. The molecule has 0 spiro atoms. The summed E-state index contributed by atoms with van der Waals surface area (Å²) in [6.07, 6.45) is 3.85. The number of nitrogens with one attached hydrogen (secondary N) is 1. The average molecular weight is 520 g/mol. The van der Waals surface area contributed by atoms with Gasteiger partial charge in [-0.05, 0) is 60.0 Å². The quantitative estimate of drug-likeness (QED) is 0.485. The molecule has 192 valence electrons. The van der Waals surface area contributed by atoms with Crippen LogP contribution in [0.25, 0.3) is 10.8 Å². The summed E-state index contributed by atoms with van der Waals surface area (Å²) in [6, 6.07) is 17.4. The smallest absolute Gasteiger partial charge is 0.252 e. The minimum absolute atomic E-state index is 0.120. The highest BCUT2D eigenvalue weighted by Gasteiger charge is 2.49. The summed E-state index contributed by atoms with van der Waals surface area (Å²) in [5.41, 5.74) is 0.882. The molecule has 1 aliphatic carbocycles. The van der Waals surface area contributed by atoms with Crippen molar-refractivity contribution in [3.8, 4) is 0 Å². The minimum atomic E-state index is -4.07. The van der Waals surface area contributed by atoms with Crippen molar-refractivity contribution >= 4 is 49.9 Å². The Balaban J connectivity index is 1.51. The first-order valence-electron chi connectivity index (χ1n) is 12.5. The lowest BCUT2D eigenvalue weighted by Gasteiger charge is -2.36. The molecule has 37 heavy (non-hydrogen) atoms. The van der Waals surface area contributed by atoms with E-state index in [0.29, 0.717) is 24.2 Å². The van der Waals surface area contributed by atoms with Gasteiger partial charge >= 0.3 is 0 Å². The Hall–Kier alpha value is -3.56. The first kappa shape index (κ1) is 25.1. The molecule has 1 saturated carbocycles. The molecule has 0 bridgehead atoms. The molecular formula is C28H29N3O5S. The van der Waals surface area contributed by atoms with Gasteiger partial charge in [0.25, 0.3) is 5.91 Å². The largest absolute Gasteiger partial charge is 0.326 e. The van der Waals surface area contributed by atoms with Crippen LogP contribution in [-0.2, 0) is 24.4 Å². The third-order valence-corrected chi connectivity index (χ3v) is 9.06. The number of hydrogen-bond donors (Lipinski definition) is 1. The highest BCUT2D eigenvalue weighted by atomic mass is 32.2. The van der Waals surface area contributed by atoms with E-state index >= 15 is 0 Å². The van der Waals surface area contributed by atoms with Gasteiger partial charge in [0, 0.05) is 18.7 Å². The van der Waals surface area contributed by atoms with Crippen LogP contribution < -0.4 is 10.2 Å². The van der Waals surface area contributed by atoms with Gasteiger partial charge in [-0.15, -0.1) is 0 Å². The van der Waals surface area contributed by atoms with Crippen LogP contribution >= 0.6 is 0 Å². The van der Waals surface area contributed by atoms with Crippen molar-refractivity contribution in [1.29, 1.82) is 0 Å². The van der Waals surface area contributed by atoms with Gasteiger partial charge in [0.1, 0.15) is 6.04 Å². The third kappa shape index (κ3) is 4.89. The Bertz CT molecular complexity index is 1460. The van der Waals surface area contributed by atoms with Crippen molar-refractivity contribution in [2.45, 2.75) is 62.4 Å². The van der Waals surface area contributed by atoms with E-state index in [1.54, 1.807) is 42.5 Å². The zero-order valence-electron chi connectivity index (χ0n) is 20.6. The first-order valence-corrected chi connectivity index (χ1v) is 14.0. The van der Waals surface area contributed by atoms with E-state index in [9.17, 15) is 22.8 Å². The van der Waals surface area contributed by atoms with Gasteiger partial charge in [0.15, 0.2) is 0 Å². The number of anilines is 2. The number of hydrogen-bond acceptors (Lipinski definition) is 5. The molecule has 3 amide bonds. The van der Waals surface area contributed by atoms with Crippen LogP contribution in [0.4, 0.5) is 11.4 Å². The number of carbonyl (C=O) groups excluding carboxylic acids is 3. The van der Waals surface area contributed by atoms with Gasteiger partial charge < -0.3 is 5.32 Å². The fourth-order valence-corrected chi connectivity index (χ4v) is 7.25. The van der Waals surface area contributed by atoms with E-state index in [-0.39, 0.29) is 23.3 Å². The molecule has 0 radical (unpaired) electrons. The third-order valence-electron chi connectivity index (χ3n) is 7.11. The monoisotopic (exact) mass is 519 g/mol. The number of carbonyl (C=O) groups is 3. The highest BCUT2D eigenvalue weighted by Crippen LogP contribution is 2.36. The average Bonchev–Trinajstić information content (AvgIpc) is 3.17. The van der Waals surface area contributed by atoms with Gasteiger partial charge in [-0.25, -0.2) is 13.3 Å². The van der Waals surface area contributed by atoms with Gasteiger partial charge in [0.05, 0.1) is 17.0 Å². The number of amides is 3. The lowest BCUT2D eigenvalue weighted by atomic mass is 9.94. The van der Waals surface area contributed by atoms with Gasteiger partial charge in [-0.1, -0.05) is 49.6 Å². The summed E-state index contributed by atoms with van der Waals surface area (Å²) in [6.45, 7) is 1.39. The molecule has 1 N–H and O–H groups in total. The van der Waals surface area contributed by atoms with Crippen LogP contribution in [0.3, 0.4) is 0 Å². The SMILES string of the molecule is CC(=O)Nc1ccc(N2C(=O)CC(N(C3CCCCC3)S(=O)(=O)c3ccc4ccccc4c3)C2=O)cc1. The zero-order valence-corrected chi connectivity index (χ0v) is 21.4. The lowest BCUT2D eigenvalue weighted by molar-refractivity contribution is -0.122. The molecule has 0 aromatic heterocycles. The summed E-state index contributed by atoms with van der Waals surface area (Å²) in [5, 5.41) is 4.37. The Morgan fingerprint density at radius 3 is 2.27 bits per heavy atom. The molecule has 3 aromatic carbocycles. The zero-order chi connectivity index (χ0) is 26.2. The van der Waals surface area contributed by atoms with Crippen LogP contribution in [-0.4, -0.2) is 42.5 Å². The topological polar surface area (TPSA) is 104 Å². The number of rotatable bonds is 6. The van der Waals surface area contributed by atoms with Crippen molar-refractivity contribution < 1.29 is 22.8 Å². The van der Waals surface area contributed by atoms with E-state index in [0.717, 1.165) is 34.9 Å². The minimum Gasteiger partial charge on any atom is -0.326 e. The summed E-state index contributed by atoms with van der Waals surface area (Å²) >= 11 is 0. The number of sulfonamides is 1. The standard InChI is InChI=1S/C28H29N3O5S/c1-19(32)29-22-12-14-23(15-13-22)30-27(33)18-26(28(30)34)31(24-9-3-2-4-10-24)37(35,36)25-16-11-20-7-5-6-8-21(20)17-25/h5-8,11-17,24,26H,2-4,9-10,18H2,1H3,(H,29,32). The predicted molar refractivity (Wildman–Crippen MR) is 141 cm³/mol. The molecule has 1 atom stereocenters. The van der Waals surface area contributed by atoms with Crippen LogP contribution in [0, 0.1) is 0 Å².